The summed E-state index contributed by atoms with van der Waals surface area (Å²) >= 11 is 0. The molecule has 0 radical (unpaired) electrons. The Balaban J connectivity index is 0.000000561. The highest BCUT2D eigenvalue weighted by molar-refractivity contribution is 5.54. The Bertz CT molecular complexity index is 231. The zero-order valence-electron chi connectivity index (χ0n) is 8.31. The van der Waals surface area contributed by atoms with Gasteiger partial charge in [-0.2, -0.15) is 0 Å². The lowest BCUT2D eigenvalue weighted by Crippen LogP contribution is -1.93. The van der Waals surface area contributed by atoms with Gasteiger partial charge in [0, 0.05) is 5.69 Å². The molecule has 0 atom stereocenters. The summed E-state index contributed by atoms with van der Waals surface area (Å²) in [4.78, 5) is 0. The summed E-state index contributed by atoms with van der Waals surface area (Å²) < 4.78 is 0. The Morgan fingerprint density at radius 2 is 1.25 bits per heavy atom. The van der Waals surface area contributed by atoms with E-state index in [1.54, 1.807) is 0 Å². The van der Waals surface area contributed by atoms with Crippen LogP contribution in [0.15, 0.2) is 12.1 Å². The van der Waals surface area contributed by atoms with Gasteiger partial charge in [0.1, 0.15) is 0 Å². The predicted molar refractivity (Wildman–Crippen MR) is 55.2 cm³/mol. The third-order valence-electron chi connectivity index (χ3n) is 1.74. The van der Waals surface area contributed by atoms with Crippen molar-refractivity contribution in [3.8, 4) is 0 Å². The van der Waals surface area contributed by atoms with Crippen molar-refractivity contribution in [3.05, 3.63) is 28.8 Å². The molecule has 0 saturated carbocycles. The van der Waals surface area contributed by atoms with E-state index in [0.29, 0.717) is 0 Å². The highest BCUT2D eigenvalue weighted by Gasteiger charge is 1.96. The molecule has 2 heteroatoms. The minimum atomic E-state index is 0.922. The van der Waals surface area contributed by atoms with Gasteiger partial charge in [-0.25, -0.2) is 0 Å². The second-order valence-electron chi connectivity index (χ2n) is 2.81. The van der Waals surface area contributed by atoms with Crippen LogP contribution in [0.25, 0.3) is 0 Å². The Morgan fingerprint density at radius 1 is 0.917 bits per heavy atom. The molecule has 12 heavy (non-hydrogen) atoms. The van der Waals surface area contributed by atoms with E-state index in [4.69, 9.17) is 5.73 Å². The molecule has 0 bridgehead atoms. The maximum Gasteiger partial charge on any atom is 0.0373 e. The van der Waals surface area contributed by atoms with Gasteiger partial charge >= 0.3 is 0 Å². The SMILES string of the molecule is CN.Cc1cc(C)c(N)c(C)c1. The molecule has 0 amide bonds. The minimum absolute atomic E-state index is 0.922. The van der Waals surface area contributed by atoms with Crippen LogP contribution in [0.4, 0.5) is 5.69 Å². The summed E-state index contributed by atoms with van der Waals surface area (Å²) in [6, 6.07) is 4.20. The van der Waals surface area contributed by atoms with Crippen molar-refractivity contribution < 1.29 is 0 Å². The predicted octanol–water partition coefficient (Wildman–Crippen LogP) is 1.77. The van der Waals surface area contributed by atoms with Gasteiger partial charge in [0.25, 0.3) is 0 Å². The zero-order valence-corrected chi connectivity index (χ0v) is 8.31. The number of hydrogen-bond donors (Lipinski definition) is 2. The van der Waals surface area contributed by atoms with Crippen LogP contribution in [-0.2, 0) is 0 Å². The number of benzene rings is 1. The number of nitrogens with two attached hydrogens (primary N) is 2. The molecular weight excluding hydrogens is 148 g/mol. The molecule has 0 aliphatic carbocycles. The standard InChI is InChI=1S/C9H13N.CH5N/c1-6-4-7(2)9(10)8(3)5-6;1-2/h4-5H,10H2,1-3H3;2H2,1H3. The van der Waals surface area contributed by atoms with E-state index in [1.165, 1.54) is 23.7 Å². The van der Waals surface area contributed by atoms with Crippen LogP contribution in [-0.4, -0.2) is 7.05 Å². The molecule has 0 heterocycles. The van der Waals surface area contributed by atoms with Crippen LogP contribution in [0.2, 0.25) is 0 Å². The summed E-state index contributed by atoms with van der Waals surface area (Å²) in [5.41, 5.74) is 14.8. The van der Waals surface area contributed by atoms with Gasteiger partial charge in [-0.1, -0.05) is 17.7 Å². The summed E-state index contributed by atoms with van der Waals surface area (Å²) in [7, 11) is 1.50. The van der Waals surface area contributed by atoms with Crippen LogP contribution >= 0.6 is 0 Å². The Kier molecular flexibility index (Phi) is 4.37. The van der Waals surface area contributed by atoms with Gasteiger partial charge < -0.3 is 11.5 Å². The molecule has 0 spiro atoms. The summed E-state index contributed by atoms with van der Waals surface area (Å²) in [6.07, 6.45) is 0. The first-order valence-corrected chi connectivity index (χ1v) is 4.02. The largest absolute Gasteiger partial charge is 0.398 e. The van der Waals surface area contributed by atoms with Crippen molar-refractivity contribution >= 4 is 5.69 Å². The van der Waals surface area contributed by atoms with Crippen molar-refractivity contribution in [3.63, 3.8) is 0 Å². The fraction of sp³-hybridized carbons (Fsp3) is 0.400. The Labute approximate surface area is 74.6 Å². The number of hydrogen-bond acceptors (Lipinski definition) is 2. The fourth-order valence-corrected chi connectivity index (χ4v) is 1.19. The average Bonchev–Trinajstić information content (AvgIpc) is 2.04. The molecule has 2 nitrogen and oxygen atoms in total. The highest BCUT2D eigenvalue weighted by Crippen LogP contribution is 2.17. The molecule has 4 N–H and O–H groups in total. The lowest BCUT2D eigenvalue weighted by Gasteiger charge is -2.04. The third kappa shape index (κ3) is 2.55. The topological polar surface area (TPSA) is 52.0 Å². The van der Waals surface area contributed by atoms with Gasteiger partial charge in [0.15, 0.2) is 0 Å². The van der Waals surface area contributed by atoms with Crippen LogP contribution in [0.3, 0.4) is 0 Å². The monoisotopic (exact) mass is 166 g/mol. The second kappa shape index (κ2) is 4.78. The van der Waals surface area contributed by atoms with Gasteiger partial charge in [-0.3, -0.25) is 0 Å². The lowest BCUT2D eigenvalue weighted by atomic mass is 10.1. The molecular formula is C10H18N2. The smallest absolute Gasteiger partial charge is 0.0373 e. The molecule has 0 fully saturated rings. The fourth-order valence-electron chi connectivity index (χ4n) is 1.19. The summed E-state index contributed by atoms with van der Waals surface area (Å²) in [5.74, 6) is 0. The quantitative estimate of drug-likeness (QED) is 0.577. The molecule has 0 aliphatic rings. The average molecular weight is 166 g/mol. The molecule has 0 saturated heterocycles. The molecule has 0 aromatic heterocycles. The highest BCUT2D eigenvalue weighted by atomic mass is 14.6. The van der Waals surface area contributed by atoms with E-state index in [0.717, 1.165) is 5.69 Å². The molecule has 0 unspecified atom stereocenters. The Hall–Kier alpha value is -1.02. The number of anilines is 1. The number of nitrogen functional groups attached to an aromatic ring is 1. The van der Waals surface area contributed by atoms with E-state index >= 15 is 0 Å². The van der Waals surface area contributed by atoms with Crippen LogP contribution in [0.5, 0.6) is 0 Å². The van der Waals surface area contributed by atoms with E-state index < -0.39 is 0 Å². The Morgan fingerprint density at radius 3 is 1.58 bits per heavy atom. The summed E-state index contributed by atoms with van der Waals surface area (Å²) in [6.45, 7) is 6.16. The maximum absolute atomic E-state index is 5.75. The molecule has 1 aromatic rings. The summed E-state index contributed by atoms with van der Waals surface area (Å²) in [5, 5.41) is 0. The minimum Gasteiger partial charge on any atom is -0.398 e. The van der Waals surface area contributed by atoms with Gasteiger partial charge in [-0.05, 0) is 38.9 Å². The van der Waals surface area contributed by atoms with Crippen molar-refractivity contribution in [2.45, 2.75) is 20.8 Å². The number of rotatable bonds is 0. The van der Waals surface area contributed by atoms with Crippen LogP contribution < -0.4 is 11.5 Å². The van der Waals surface area contributed by atoms with E-state index in [2.05, 4.69) is 24.8 Å². The lowest BCUT2D eigenvalue weighted by molar-refractivity contribution is 1.33. The third-order valence-corrected chi connectivity index (χ3v) is 1.74. The molecule has 0 aliphatic heterocycles. The van der Waals surface area contributed by atoms with E-state index in [-0.39, 0.29) is 0 Å². The van der Waals surface area contributed by atoms with Crippen molar-refractivity contribution in [2.24, 2.45) is 5.73 Å². The van der Waals surface area contributed by atoms with Crippen molar-refractivity contribution in [1.29, 1.82) is 0 Å². The van der Waals surface area contributed by atoms with Gasteiger partial charge in [0.2, 0.25) is 0 Å². The number of aryl methyl sites for hydroxylation is 3. The van der Waals surface area contributed by atoms with Gasteiger partial charge in [-0.15, -0.1) is 0 Å². The second-order valence-corrected chi connectivity index (χ2v) is 2.81. The zero-order chi connectivity index (χ0) is 9.72. The maximum atomic E-state index is 5.75. The molecule has 68 valence electrons. The first kappa shape index (κ1) is 11.0. The van der Waals surface area contributed by atoms with Crippen molar-refractivity contribution in [2.75, 3.05) is 12.8 Å². The van der Waals surface area contributed by atoms with E-state index in [1.807, 2.05) is 13.8 Å². The molecule has 1 aromatic carbocycles. The molecule has 1 rings (SSSR count). The first-order chi connectivity index (χ1) is 5.61. The van der Waals surface area contributed by atoms with Crippen LogP contribution in [0.1, 0.15) is 16.7 Å². The van der Waals surface area contributed by atoms with E-state index in [9.17, 15) is 0 Å². The van der Waals surface area contributed by atoms with Gasteiger partial charge in [0.05, 0.1) is 0 Å². The van der Waals surface area contributed by atoms with Crippen molar-refractivity contribution in [1.82, 2.24) is 0 Å². The van der Waals surface area contributed by atoms with Crippen LogP contribution in [0, 0.1) is 20.8 Å². The normalized spacial score (nSPS) is 8.75. The first-order valence-electron chi connectivity index (χ1n) is 4.02.